The molecule has 1 amide bonds. The zero-order chi connectivity index (χ0) is 21.8. The number of anilines is 1. The van der Waals surface area contributed by atoms with Gasteiger partial charge in [0.2, 0.25) is 0 Å². The molecule has 0 bridgehead atoms. The number of aromatic nitrogens is 3. The lowest BCUT2D eigenvalue weighted by atomic mass is 10.1. The fourth-order valence-corrected chi connectivity index (χ4v) is 3.94. The highest BCUT2D eigenvalue weighted by Gasteiger charge is 2.13. The van der Waals surface area contributed by atoms with Crippen molar-refractivity contribution in [1.29, 1.82) is 0 Å². The Morgan fingerprint density at radius 1 is 1.00 bits per heavy atom. The van der Waals surface area contributed by atoms with Crippen molar-refractivity contribution in [3.63, 3.8) is 0 Å². The molecule has 0 aliphatic carbocycles. The van der Waals surface area contributed by atoms with Crippen molar-refractivity contribution in [3.05, 3.63) is 95.3 Å². The molecular weight excluding hydrogens is 411 g/mol. The summed E-state index contributed by atoms with van der Waals surface area (Å²) >= 11 is 1.63. The molecule has 0 saturated carbocycles. The first-order chi connectivity index (χ1) is 15.0. The van der Waals surface area contributed by atoms with Gasteiger partial charge in [-0.15, -0.1) is 10.2 Å². The van der Waals surface area contributed by atoms with Gasteiger partial charge in [-0.2, -0.15) is 0 Å². The summed E-state index contributed by atoms with van der Waals surface area (Å²) in [6, 6.07) is 21.6. The lowest BCUT2D eigenvalue weighted by Gasteiger charge is -2.08. The molecule has 4 rings (SSSR count). The van der Waals surface area contributed by atoms with E-state index in [-0.39, 0.29) is 5.56 Å². The molecule has 0 atom stereocenters. The van der Waals surface area contributed by atoms with Gasteiger partial charge in [-0.3, -0.25) is 4.79 Å². The van der Waals surface area contributed by atoms with Crippen LogP contribution in [0.4, 0.5) is 10.1 Å². The first kappa shape index (κ1) is 20.8. The van der Waals surface area contributed by atoms with Crippen LogP contribution in [0.3, 0.4) is 0 Å². The molecule has 5 nitrogen and oxygen atoms in total. The zero-order valence-corrected chi connectivity index (χ0v) is 18.0. The van der Waals surface area contributed by atoms with E-state index >= 15 is 0 Å². The van der Waals surface area contributed by atoms with Crippen LogP contribution in [-0.4, -0.2) is 20.7 Å². The average molecular weight is 433 g/mol. The lowest BCUT2D eigenvalue weighted by molar-refractivity contribution is 0.102. The number of nitrogens with zero attached hydrogens (tertiary/aromatic N) is 3. The van der Waals surface area contributed by atoms with Crippen LogP contribution in [0.15, 0.2) is 78.0 Å². The highest BCUT2D eigenvalue weighted by molar-refractivity contribution is 7.98. The number of thioether (sulfide) groups is 1. The maximum Gasteiger partial charge on any atom is 0.258 e. The molecule has 7 heteroatoms. The van der Waals surface area contributed by atoms with Crippen molar-refractivity contribution in [2.24, 2.45) is 7.05 Å². The maximum absolute atomic E-state index is 13.8. The number of carbonyl (C=O) groups excluding carboxylic acids is 1. The molecule has 0 unspecified atom stereocenters. The minimum absolute atomic E-state index is 0.00937. The van der Waals surface area contributed by atoms with E-state index in [1.54, 1.807) is 36.0 Å². The number of amides is 1. The van der Waals surface area contributed by atoms with Gasteiger partial charge in [0.1, 0.15) is 5.82 Å². The van der Waals surface area contributed by atoms with Gasteiger partial charge in [0, 0.05) is 24.1 Å². The molecular formula is C24H21FN4OS. The van der Waals surface area contributed by atoms with Gasteiger partial charge in [0.15, 0.2) is 11.0 Å². The molecule has 4 aromatic rings. The van der Waals surface area contributed by atoms with Crippen molar-refractivity contribution in [1.82, 2.24) is 14.8 Å². The van der Waals surface area contributed by atoms with E-state index in [0.717, 1.165) is 22.3 Å². The van der Waals surface area contributed by atoms with Crippen molar-refractivity contribution in [2.45, 2.75) is 17.8 Å². The van der Waals surface area contributed by atoms with Crippen LogP contribution < -0.4 is 5.32 Å². The van der Waals surface area contributed by atoms with Crippen molar-refractivity contribution < 1.29 is 9.18 Å². The highest BCUT2D eigenvalue weighted by Crippen LogP contribution is 2.26. The summed E-state index contributed by atoms with van der Waals surface area (Å²) < 4.78 is 15.7. The normalized spacial score (nSPS) is 10.8. The molecule has 3 aromatic carbocycles. The van der Waals surface area contributed by atoms with Crippen molar-refractivity contribution >= 4 is 23.4 Å². The van der Waals surface area contributed by atoms with E-state index in [1.165, 1.54) is 23.3 Å². The van der Waals surface area contributed by atoms with Crippen molar-refractivity contribution in [3.8, 4) is 11.4 Å². The van der Waals surface area contributed by atoms with Crippen LogP contribution in [0.25, 0.3) is 11.4 Å². The number of carbonyl (C=O) groups is 1. The fraction of sp³-hybridized carbons (Fsp3) is 0.125. The van der Waals surface area contributed by atoms with E-state index in [4.69, 9.17) is 0 Å². The van der Waals surface area contributed by atoms with E-state index in [2.05, 4.69) is 46.7 Å². The summed E-state index contributed by atoms with van der Waals surface area (Å²) in [7, 11) is 1.93. The Bertz CT molecular complexity index is 1200. The van der Waals surface area contributed by atoms with Crippen LogP contribution in [0, 0.1) is 12.7 Å². The number of rotatable bonds is 6. The second kappa shape index (κ2) is 9.14. The Balaban J connectivity index is 1.44. The minimum Gasteiger partial charge on any atom is -0.322 e. The first-order valence-corrected chi connectivity index (χ1v) is 10.7. The molecule has 1 N–H and O–H groups in total. The number of hydrogen-bond acceptors (Lipinski definition) is 4. The smallest absolute Gasteiger partial charge is 0.258 e. The Hall–Kier alpha value is -3.45. The van der Waals surface area contributed by atoms with Crippen LogP contribution >= 0.6 is 11.8 Å². The first-order valence-electron chi connectivity index (χ1n) is 9.75. The molecule has 1 heterocycles. The summed E-state index contributed by atoms with van der Waals surface area (Å²) in [6.07, 6.45) is 0. The van der Waals surface area contributed by atoms with Gasteiger partial charge in [-0.05, 0) is 48.9 Å². The summed E-state index contributed by atoms with van der Waals surface area (Å²) in [5.41, 5.74) is 3.93. The topological polar surface area (TPSA) is 59.8 Å². The maximum atomic E-state index is 13.8. The van der Waals surface area contributed by atoms with Gasteiger partial charge in [-0.1, -0.05) is 53.7 Å². The number of halogens is 1. The zero-order valence-electron chi connectivity index (χ0n) is 17.2. The van der Waals surface area contributed by atoms with Crippen molar-refractivity contribution in [2.75, 3.05) is 5.32 Å². The van der Waals surface area contributed by atoms with E-state index in [9.17, 15) is 9.18 Å². The lowest BCUT2D eigenvalue weighted by Crippen LogP contribution is -2.13. The van der Waals surface area contributed by atoms with Gasteiger partial charge >= 0.3 is 0 Å². The minimum atomic E-state index is -0.550. The third-order valence-corrected chi connectivity index (χ3v) is 5.93. The van der Waals surface area contributed by atoms with E-state index in [0.29, 0.717) is 5.69 Å². The Morgan fingerprint density at radius 3 is 2.42 bits per heavy atom. The van der Waals surface area contributed by atoms with E-state index < -0.39 is 11.7 Å². The number of aryl methyl sites for hydroxylation is 1. The van der Waals surface area contributed by atoms with Crippen LogP contribution in [0.5, 0.6) is 0 Å². The predicted octanol–water partition coefficient (Wildman–Crippen LogP) is 5.47. The SMILES string of the molecule is Cc1ccc(CSc2nnc(-c3ccc(NC(=O)c4ccccc4F)cc3)n2C)cc1. The molecule has 0 fully saturated rings. The second-order valence-corrected chi connectivity index (χ2v) is 8.09. The molecule has 0 radical (unpaired) electrons. The summed E-state index contributed by atoms with van der Waals surface area (Å²) in [5, 5.41) is 12.2. The third-order valence-electron chi connectivity index (χ3n) is 4.84. The summed E-state index contributed by atoms with van der Waals surface area (Å²) in [6.45, 7) is 2.07. The van der Waals surface area contributed by atoms with Gasteiger partial charge in [-0.25, -0.2) is 4.39 Å². The molecule has 0 aliphatic rings. The number of hydrogen-bond donors (Lipinski definition) is 1. The summed E-state index contributed by atoms with van der Waals surface area (Å²) in [5.74, 6) is 0.511. The van der Waals surface area contributed by atoms with E-state index in [1.807, 2.05) is 23.7 Å². The predicted molar refractivity (Wildman–Crippen MR) is 122 cm³/mol. The Labute approximate surface area is 184 Å². The van der Waals surface area contributed by atoms with Gasteiger partial charge < -0.3 is 9.88 Å². The monoisotopic (exact) mass is 432 g/mol. The fourth-order valence-electron chi connectivity index (χ4n) is 3.07. The third kappa shape index (κ3) is 4.83. The van der Waals surface area contributed by atoms with Crippen LogP contribution in [0.1, 0.15) is 21.5 Å². The molecule has 1 aromatic heterocycles. The standard InChI is InChI=1S/C24H21FN4OS/c1-16-7-9-17(10-8-16)15-31-24-28-27-22(29(24)2)18-11-13-19(14-12-18)26-23(30)20-5-3-4-6-21(20)25/h3-14H,15H2,1-2H3,(H,26,30). The number of nitrogens with one attached hydrogen (secondary N) is 1. The number of benzene rings is 3. The average Bonchev–Trinajstić information content (AvgIpc) is 3.14. The van der Waals surface area contributed by atoms with Gasteiger partial charge in [0.05, 0.1) is 5.56 Å². The van der Waals surface area contributed by atoms with Crippen LogP contribution in [-0.2, 0) is 12.8 Å². The quantitative estimate of drug-likeness (QED) is 0.410. The largest absolute Gasteiger partial charge is 0.322 e. The molecule has 0 spiro atoms. The summed E-state index contributed by atoms with van der Waals surface area (Å²) in [4.78, 5) is 12.3. The molecule has 0 aliphatic heterocycles. The highest BCUT2D eigenvalue weighted by atomic mass is 32.2. The molecule has 31 heavy (non-hydrogen) atoms. The Morgan fingerprint density at radius 2 is 1.71 bits per heavy atom. The van der Waals surface area contributed by atoms with Gasteiger partial charge in [0.25, 0.3) is 5.91 Å². The second-order valence-electron chi connectivity index (χ2n) is 7.15. The molecule has 156 valence electrons. The Kier molecular flexibility index (Phi) is 6.13. The van der Waals surface area contributed by atoms with Crippen LogP contribution in [0.2, 0.25) is 0 Å². The molecule has 0 saturated heterocycles.